The Morgan fingerprint density at radius 2 is 1.73 bits per heavy atom. The van der Waals surface area contributed by atoms with Crippen LogP contribution in [0.2, 0.25) is 0 Å². The molecule has 6 nitrogen and oxygen atoms in total. The van der Waals surface area contributed by atoms with Crippen molar-refractivity contribution in [2.24, 2.45) is 0 Å². The summed E-state index contributed by atoms with van der Waals surface area (Å²) >= 11 is 0. The summed E-state index contributed by atoms with van der Waals surface area (Å²) in [7, 11) is 3.90. The molecule has 0 aliphatic heterocycles. The highest BCUT2D eigenvalue weighted by molar-refractivity contribution is 5.91. The maximum Gasteiger partial charge on any atom is 0.407 e. The Hall–Kier alpha value is -2.24. The fourth-order valence-corrected chi connectivity index (χ4v) is 1.65. The van der Waals surface area contributed by atoms with Crippen LogP contribution in [0.15, 0.2) is 24.3 Å². The predicted octanol–water partition coefficient (Wildman–Crippen LogP) is 2.61. The third kappa shape index (κ3) is 6.97. The van der Waals surface area contributed by atoms with Crippen molar-refractivity contribution < 1.29 is 14.3 Å². The second-order valence-electron chi connectivity index (χ2n) is 6.25. The van der Waals surface area contributed by atoms with Crippen molar-refractivity contribution >= 4 is 23.4 Å². The highest BCUT2D eigenvalue weighted by Crippen LogP contribution is 2.15. The highest BCUT2D eigenvalue weighted by atomic mass is 16.5. The Morgan fingerprint density at radius 3 is 2.23 bits per heavy atom. The molecule has 0 atom stereocenters. The SMILES string of the molecule is CN(C)c1ccc(NC(=O)CCOC(=O)NC(C)(C)C)cc1. The minimum atomic E-state index is -0.518. The predicted molar refractivity (Wildman–Crippen MR) is 88.3 cm³/mol. The van der Waals surface area contributed by atoms with Crippen LogP contribution in [0.1, 0.15) is 27.2 Å². The number of anilines is 2. The van der Waals surface area contributed by atoms with Crippen LogP contribution >= 0.6 is 0 Å². The summed E-state index contributed by atoms with van der Waals surface area (Å²) in [6, 6.07) is 7.51. The van der Waals surface area contributed by atoms with Gasteiger partial charge in [0.05, 0.1) is 6.42 Å². The first-order valence-electron chi connectivity index (χ1n) is 7.19. The van der Waals surface area contributed by atoms with Gasteiger partial charge in [-0.3, -0.25) is 4.79 Å². The van der Waals surface area contributed by atoms with Gasteiger partial charge < -0.3 is 20.3 Å². The Kier molecular flexibility index (Phi) is 6.22. The van der Waals surface area contributed by atoms with Gasteiger partial charge in [-0.05, 0) is 45.0 Å². The number of benzene rings is 1. The van der Waals surface area contributed by atoms with Crippen LogP contribution in [-0.4, -0.2) is 38.2 Å². The van der Waals surface area contributed by atoms with E-state index in [2.05, 4.69) is 10.6 Å². The molecule has 0 aliphatic rings. The highest BCUT2D eigenvalue weighted by Gasteiger charge is 2.14. The summed E-state index contributed by atoms with van der Waals surface area (Å²) < 4.78 is 4.96. The zero-order chi connectivity index (χ0) is 16.8. The van der Waals surface area contributed by atoms with Crippen LogP contribution in [-0.2, 0) is 9.53 Å². The molecular weight excluding hydrogens is 282 g/mol. The number of nitrogens with zero attached hydrogens (tertiary/aromatic N) is 1. The Bertz CT molecular complexity index is 504. The fourth-order valence-electron chi connectivity index (χ4n) is 1.65. The molecule has 1 aromatic carbocycles. The monoisotopic (exact) mass is 307 g/mol. The van der Waals surface area contributed by atoms with E-state index in [9.17, 15) is 9.59 Å². The van der Waals surface area contributed by atoms with Crippen LogP contribution in [0.3, 0.4) is 0 Å². The average molecular weight is 307 g/mol. The van der Waals surface area contributed by atoms with E-state index in [1.54, 1.807) is 0 Å². The largest absolute Gasteiger partial charge is 0.449 e. The van der Waals surface area contributed by atoms with Gasteiger partial charge in [0.25, 0.3) is 0 Å². The lowest BCUT2D eigenvalue weighted by Crippen LogP contribution is -2.41. The van der Waals surface area contributed by atoms with Crippen molar-refractivity contribution in [1.29, 1.82) is 0 Å². The second kappa shape index (κ2) is 7.68. The molecule has 0 fully saturated rings. The minimum Gasteiger partial charge on any atom is -0.449 e. The maximum atomic E-state index is 11.8. The zero-order valence-electron chi connectivity index (χ0n) is 13.9. The average Bonchev–Trinajstić information content (AvgIpc) is 2.37. The quantitative estimate of drug-likeness (QED) is 0.877. The van der Waals surface area contributed by atoms with Crippen LogP contribution in [0.4, 0.5) is 16.2 Å². The number of carbonyl (C=O) groups excluding carboxylic acids is 2. The number of ether oxygens (including phenoxy) is 1. The Labute approximate surface area is 131 Å². The molecule has 2 N–H and O–H groups in total. The molecule has 2 amide bonds. The third-order valence-electron chi connectivity index (χ3n) is 2.71. The molecule has 0 radical (unpaired) electrons. The fraction of sp³-hybridized carbons (Fsp3) is 0.500. The van der Waals surface area contributed by atoms with E-state index in [-0.39, 0.29) is 24.5 Å². The van der Waals surface area contributed by atoms with E-state index in [0.717, 1.165) is 11.4 Å². The van der Waals surface area contributed by atoms with Crippen molar-refractivity contribution in [1.82, 2.24) is 5.32 Å². The smallest absolute Gasteiger partial charge is 0.407 e. The molecule has 1 rings (SSSR count). The number of hydrogen-bond acceptors (Lipinski definition) is 4. The summed E-state index contributed by atoms with van der Waals surface area (Å²) in [5, 5.41) is 5.42. The third-order valence-corrected chi connectivity index (χ3v) is 2.71. The second-order valence-corrected chi connectivity index (χ2v) is 6.25. The first-order valence-corrected chi connectivity index (χ1v) is 7.19. The molecule has 0 saturated heterocycles. The van der Waals surface area contributed by atoms with Crippen molar-refractivity contribution in [3.05, 3.63) is 24.3 Å². The van der Waals surface area contributed by atoms with E-state index >= 15 is 0 Å². The van der Waals surface area contributed by atoms with E-state index in [1.807, 2.05) is 64.0 Å². The zero-order valence-corrected chi connectivity index (χ0v) is 13.9. The first kappa shape index (κ1) is 17.8. The summed E-state index contributed by atoms with van der Waals surface area (Å²) in [6.45, 7) is 5.62. The number of nitrogens with one attached hydrogen (secondary N) is 2. The van der Waals surface area contributed by atoms with E-state index in [0.29, 0.717) is 0 Å². The van der Waals surface area contributed by atoms with Gasteiger partial charge in [-0.2, -0.15) is 0 Å². The summed E-state index contributed by atoms with van der Waals surface area (Å²) in [5.74, 6) is -0.193. The van der Waals surface area contributed by atoms with Crippen molar-refractivity contribution in [3.8, 4) is 0 Å². The van der Waals surface area contributed by atoms with Crippen LogP contribution < -0.4 is 15.5 Å². The lowest BCUT2D eigenvalue weighted by atomic mass is 10.1. The van der Waals surface area contributed by atoms with Crippen LogP contribution in [0, 0.1) is 0 Å². The molecule has 0 bridgehead atoms. The molecule has 0 saturated carbocycles. The summed E-state index contributed by atoms with van der Waals surface area (Å²) in [6.07, 6.45) is -0.400. The number of amides is 2. The van der Waals surface area contributed by atoms with Crippen LogP contribution in [0.5, 0.6) is 0 Å². The molecule has 0 heterocycles. The Morgan fingerprint density at radius 1 is 1.14 bits per heavy atom. The van der Waals surface area contributed by atoms with Gasteiger partial charge >= 0.3 is 6.09 Å². The van der Waals surface area contributed by atoms with Crippen LogP contribution in [0.25, 0.3) is 0 Å². The standard InChI is InChI=1S/C16H25N3O3/c1-16(2,3)18-15(21)22-11-10-14(20)17-12-6-8-13(9-7-12)19(4)5/h6-9H,10-11H2,1-5H3,(H,17,20)(H,18,21). The summed E-state index contributed by atoms with van der Waals surface area (Å²) in [4.78, 5) is 25.2. The molecule has 0 aromatic heterocycles. The topological polar surface area (TPSA) is 70.7 Å². The van der Waals surface area contributed by atoms with Gasteiger partial charge in [-0.1, -0.05) is 0 Å². The lowest BCUT2D eigenvalue weighted by molar-refractivity contribution is -0.116. The number of rotatable bonds is 5. The molecule has 0 spiro atoms. The van der Waals surface area contributed by atoms with Gasteiger partial charge in [0.2, 0.25) is 5.91 Å². The van der Waals surface area contributed by atoms with E-state index < -0.39 is 6.09 Å². The molecule has 1 aromatic rings. The normalized spacial score (nSPS) is 10.8. The maximum absolute atomic E-state index is 11.8. The number of alkyl carbamates (subject to hydrolysis) is 1. The molecule has 6 heteroatoms. The van der Waals surface area contributed by atoms with Gasteiger partial charge in [0, 0.05) is 31.0 Å². The Balaban J connectivity index is 2.33. The minimum absolute atomic E-state index is 0.0452. The lowest BCUT2D eigenvalue weighted by Gasteiger charge is -2.19. The summed E-state index contributed by atoms with van der Waals surface area (Å²) in [5.41, 5.74) is 1.42. The van der Waals surface area contributed by atoms with Gasteiger partial charge in [0.1, 0.15) is 6.61 Å². The molecule has 0 unspecified atom stereocenters. The van der Waals surface area contributed by atoms with Gasteiger partial charge in [0.15, 0.2) is 0 Å². The number of hydrogen-bond donors (Lipinski definition) is 2. The van der Waals surface area contributed by atoms with E-state index in [1.165, 1.54) is 0 Å². The van der Waals surface area contributed by atoms with Crippen molar-refractivity contribution in [2.75, 3.05) is 30.9 Å². The van der Waals surface area contributed by atoms with E-state index in [4.69, 9.17) is 4.74 Å². The van der Waals surface area contributed by atoms with Crippen molar-refractivity contribution in [2.45, 2.75) is 32.7 Å². The molecule has 0 aliphatic carbocycles. The molecule has 22 heavy (non-hydrogen) atoms. The molecule has 122 valence electrons. The number of carbonyl (C=O) groups is 2. The van der Waals surface area contributed by atoms with Gasteiger partial charge in [-0.25, -0.2) is 4.79 Å². The van der Waals surface area contributed by atoms with Gasteiger partial charge in [-0.15, -0.1) is 0 Å². The van der Waals surface area contributed by atoms with Crippen molar-refractivity contribution in [3.63, 3.8) is 0 Å². The molecular formula is C16H25N3O3. The first-order chi connectivity index (χ1) is 10.2.